The van der Waals surface area contributed by atoms with Gasteiger partial charge in [0.2, 0.25) is 0 Å². The highest BCUT2D eigenvalue weighted by Crippen LogP contribution is 2.37. The summed E-state index contributed by atoms with van der Waals surface area (Å²) in [6, 6.07) is 8.11. The molecule has 1 aromatic rings. The van der Waals surface area contributed by atoms with Crippen molar-refractivity contribution in [1.82, 2.24) is 0 Å². The van der Waals surface area contributed by atoms with Gasteiger partial charge in [-0.2, -0.15) is 0 Å². The van der Waals surface area contributed by atoms with Crippen LogP contribution in [0.4, 0.5) is 5.69 Å². The van der Waals surface area contributed by atoms with Crippen LogP contribution in [0.25, 0.3) is 0 Å². The molecule has 0 amide bonds. The molecule has 1 saturated carbocycles. The molecule has 0 saturated heterocycles. The quantitative estimate of drug-likeness (QED) is 0.889. The van der Waals surface area contributed by atoms with Gasteiger partial charge in [0.25, 0.3) is 0 Å². The summed E-state index contributed by atoms with van der Waals surface area (Å²) in [4.78, 5) is 0. The lowest BCUT2D eigenvalue weighted by molar-refractivity contribution is 0.126. The lowest BCUT2D eigenvalue weighted by atomic mass is 9.74. The third-order valence-electron chi connectivity index (χ3n) is 3.99. The monoisotopic (exact) mass is 297 g/mol. The molecule has 2 N–H and O–H groups in total. The number of nitrogens with one attached hydrogen (secondary N) is 1. The fourth-order valence-electron chi connectivity index (χ4n) is 2.70. The third-order valence-corrected chi connectivity index (χ3v) is 4.68. The van der Waals surface area contributed by atoms with Crippen LogP contribution in [-0.2, 0) is 0 Å². The van der Waals surface area contributed by atoms with E-state index in [1.807, 2.05) is 18.2 Å². The van der Waals surface area contributed by atoms with E-state index in [-0.39, 0.29) is 12.1 Å². The van der Waals surface area contributed by atoms with E-state index in [0.717, 1.165) is 16.6 Å². The van der Waals surface area contributed by atoms with E-state index in [4.69, 9.17) is 0 Å². The fraction of sp³-hybridized carbons (Fsp3) is 0.571. The standard InChI is InChI=1S/C14H20BrNO/c1-11-6-4-5-9-14(11,10-17)16-13-8-3-2-7-12(13)15/h2-3,7-8,11,16-17H,4-6,9-10H2,1H3. The van der Waals surface area contributed by atoms with Crippen molar-refractivity contribution in [3.8, 4) is 0 Å². The zero-order valence-electron chi connectivity index (χ0n) is 10.2. The summed E-state index contributed by atoms with van der Waals surface area (Å²) < 4.78 is 1.06. The van der Waals surface area contributed by atoms with E-state index in [1.54, 1.807) is 0 Å². The van der Waals surface area contributed by atoms with E-state index in [0.29, 0.717) is 5.92 Å². The van der Waals surface area contributed by atoms with Crippen LogP contribution in [0.5, 0.6) is 0 Å². The van der Waals surface area contributed by atoms with E-state index in [1.165, 1.54) is 19.3 Å². The largest absolute Gasteiger partial charge is 0.394 e. The first-order valence-corrected chi connectivity index (χ1v) is 7.11. The van der Waals surface area contributed by atoms with E-state index < -0.39 is 0 Å². The highest BCUT2D eigenvalue weighted by Gasteiger charge is 2.37. The molecule has 0 spiro atoms. The van der Waals surface area contributed by atoms with Crippen molar-refractivity contribution in [2.24, 2.45) is 5.92 Å². The highest BCUT2D eigenvalue weighted by atomic mass is 79.9. The molecule has 0 bridgehead atoms. The molecule has 1 aliphatic carbocycles. The topological polar surface area (TPSA) is 32.3 Å². The molecule has 94 valence electrons. The Kier molecular flexibility index (Phi) is 4.10. The maximum absolute atomic E-state index is 9.79. The molecule has 0 aliphatic heterocycles. The van der Waals surface area contributed by atoms with Crippen molar-refractivity contribution < 1.29 is 5.11 Å². The van der Waals surface area contributed by atoms with Crippen molar-refractivity contribution in [2.75, 3.05) is 11.9 Å². The lowest BCUT2D eigenvalue weighted by Gasteiger charge is -2.43. The molecule has 2 rings (SSSR count). The molecule has 2 atom stereocenters. The lowest BCUT2D eigenvalue weighted by Crippen LogP contribution is -2.49. The second-order valence-electron chi connectivity index (χ2n) is 5.07. The van der Waals surface area contributed by atoms with Crippen molar-refractivity contribution in [3.63, 3.8) is 0 Å². The summed E-state index contributed by atoms with van der Waals surface area (Å²) in [5.74, 6) is 0.508. The molecule has 0 aromatic heterocycles. The van der Waals surface area contributed by atoms with Crippen molar-refractivity contribution in [1.29, 1.82) is 0 Å². The highest BCUT2D eigenvalue weighted by molar-refractivity contribution is 9.10. The first-order chi connectivity index (χ1) is 8.18. The average molecular weight is 298 g/mol. The number of benzene rings is 1. The minimum Gasteiger partial charge on any atom is -0.394 e. The fourth-order valence-corrected chi connectivity index (χ4v) is 3.09. The van der Waals surface area contributed by atoms with E-state index >= 15 is 0 Å². The van der Waals surface area contributed by atoms with Crippen LogP contribution in [0.15, 0.2) is 28.7 Å². The van der Waals surface area contributed by atoms with Crippen molar-refractivity contribution in [3.05, 3.63) is 28.7 Å². The number of rotatable bonds is 3. The average Bonchev–Trinajstić information content (AvgIpc) is 2.35. The molecule has 2 nitrogen and oxygen atoms in total. The van der Waals surface area contributed by atoms with Crippen molar-refractivity contribution >= 4 is 21.6 Å². The van der Waals surface area contributed by atoms with Crippen LogP contribution in [0.3, 0.4) is 0 Å². The van der Waals surface area contributed by atoms with Gasteiger partial charge in [-0.05, 0) is 46.8 Å². The van der Waals surface area contributed by atoms with Crippen LogP contribution >= 0.6 is 15.9 Å². The number of hydrogen-bond donors (Lipinski definition) is 2. The molecule has 1 aromatic carbocycles. The maximum Gasteiger partial charge on any atom is 0.0664 e. The molecule has 0 heterocycles. The number of aliphatic hydroxyl groups is 1. The number of hydrogen-bond acceptors (Lipinski definition) is 2. The molecule has 3 heteroatoms. The first-order valence-electron chi connectivity index (χ1n) is 6.31. The smallest absolute Gasteiger partial charge is 0.0664 e. The minimum absolute atomic E-state index is 0.151. The Bertz CT molecular complexity index is 382. The van der Waals surface area contributed by atoms with Gasteiger partial charge in [-0.25, -0.2) is 0 Å². The molecule has 0 radical (unpaired) electrons. The zero-order valence-corrected chi connectivity index (χ0v) is 11.8. The van der Waals surface area contributed by atoms with Crippen LogP contribution in [-0.4, -0.2) is 17.3 Å². The number of anilines is 1. The van der Waals surface area contributed by atoms with E-state index in [9.17, 15) is 5.11 Å². The van der Waals surface area contributed by atoms with Crippen LogP contribution < -0.4 is 5.32 Å². The van der Waals surface area contributed by atoms with Gasteiger partial charge < -0.3 is 10.4 Å². The van der Waals surface area contributed by atoms with Gasteiger partial charge in [-0.3, -0.25) is 0 Å². The van der Waals surface area contributed by atoms with Gasteiger partial charge in [0.05, 0.1) is 12.1 Å². The molecule has 1 aliphatic rings. The first kappa shape index (κ1) is 12.9. The van der Waals surface area contributed by atoms with Crippen molar-refractivity contribution in [2.45, 2.75) is 38.1 Å². The number of aliphatic hydroxyl groups excluding tert-OH is 1. The predicted molar refractivity (Wildman–Crippen MR) is 75.2 cm³/mol. The second kappa shape index (κ2) is 5.40. The minimum atomic E-state index is -0.151. The number of para-hydroxylation sites is 1. The molecule has 2 unspecified atom stereocenters. The SMILES string of the molecule is CC1CCCCC1(CO)Nc1ccccc1Br. The van der Waals surface area contributed by atoms with Gasteiger partial charge >= 0.3 is 0 Å². The third kappa shape index (κ3) is 2.66. The maximum atomic E-state index is 9.79. The Morgan fingerprint density at radius 3 is 2.82 bits per heavy atom. The predicted octanol–water partition coefficient (Wildman–Crippen LogP) is 3.80. The van der Waals surface area contributed by atoms with Gasteiger partial charge in [0.15, 0.2) is 0 Å². The van der Waals surface area contributed by atoms with Crippen LogP contribution in [0.2, 0.25) is 0 Å². The second-order valence-corrected chi connectivity index (χ2v) is 5.92. The van der Waals surface area contributed by atoms with Gasteiger partial charge in [-0.15, -0.1) is 0 Å². The summed E-state index contributed by atoms with van der Waals surface area (Å²) in [5.41, 5.74) is 0.928. The summed E-state index contributed by atoms with van der Waals surface area (Å²) in [5, 5.41) is 13.4. The molecule has 17 heavy (non-hydrogen) atoms. The molecular weight excluding hydrogens is 278 g/mol. The molecular formula is C14H20BrNO. The summed E-state index contributed by atoms with van der Waals surface area (Å²) >= 11 is 3.55. The Morgan fingerprint density at radius 2 is 2.18 bits per heavy atom. The van der Waals surface area contributed by atoms with E-state index in [2.05, 4.69) is 34.2 Å². The Hall–Kier alpha value is -0.540. The van der Waals surface area contributed by atoms with Gasteiger partial charge in [-0.1, -0.05) is 31.9 Å². The zero-order chi connectivity index (χ0) is 12.3. The molecule has 1 fully saturated rings. The van der Waals surface area contributed by atoms with Gasteiger partial charge in [0.1, 0.15) is 0 Å². The Balaban J connectivity index is 2.22. The Labute approximate surface area is 112 Å². The Morgan fingerprint density at radius 1 is 1.41 bits per heavy atom. The van der Waals surface area contributed by atoms with Crippen LogP contribution in [0, 0.1) is 5.92 Å². The van der Waals surface area contributed by atoms with Crippen LogP contribution in [0.1, 0.15) is 32.6 Å². The number of halogens is 1. The summed E-state index contributed by atoms with van der Waals surface area (Å²) in [7, 11) is 0. The summed E-state index contributed by atoms with van der Waals surface area (Å²) in [6.45, 7) is 2.44. The normalized spacial score (nSPS) is 29.0. The van der Waals surface area contributed by atoms with Gasteiger partial charge in [0, 0.05) is 10.2 Å². The summed E-state index contributed by atoms with van der Waals surface area (Å²) in [6.07, 6.45) is 4.72.